The Bertz CT molecular complexity index is 1340. The molecule has 4 aromatic rings. The lowest BCUT2D eigenvalue weighted by Crippen LogP contribution is -2.15. The van der Waals surface area contributed by atoms with E-state index in [0.29, 0.717) is 33.8 Å². The van der Waals surface area contributed by atoms with Gasteiger partial charge in [0, 0.05) is 11.6 Å². The van der Waals surface area contributed by atoms with Crippen LogP contribution in [0.1, 0.15) is 42.4 Å². The van der Waals surface area contributed by atoms with Crippen LogP contribution in [0.25, 0.3) is 15.3 Å². The maximum atomic E-state index is 13.1. The van der Waals surface area contributed by atoms with Crippen LogP contribution in [-0.4, -0.2) is 42.0 Å². The number of amides is 1. The van der Waals surface area contributed by atoms with Crippen molar-refractivity contribution in [3.63, 3.8) is 0 Å². The number of nitrogens with one attached hydrogen (secondary N) is 1. The third-order valence-corrected chi connectivity index (χ3v) is 6.42. The molecule has 9 heteroatoms. The number of aryl methyl sites for hydroxylation is 1. The highest BCUT2D eigenvalue weighted by molar-refractivity contribution is 7.20. The first-order chi connectivity index (χ1) is 16.1. The summed E-state index contributed by atoms with van der Waals surface area (Å²) in [5.74, 6) is 1.41. The predicted octanol–water partition coefficient (Wildman–Crippen LogP) is 5.37. The quantitative estimate of drug-likeness (QED) is 0.399. The van der Waals surface area contributed by atoms with Gasteiger partial charge in [-0.25, -0.2) is 4.98 Å². The number of nitrogens with zero attached hydrogens (tertiary/aromatic N) is 3. The molecule has 0 aliphatic heterocycles. The number of carbonyl (C=O) groups excluding carboxylic acids is 1. The van der Waals surface area contributed by atoms with Crippen LogP contribution in [0.3, 0.4) is 0 Å². The van der Waals surface area contributed by atoms with E-state index in [2.05, 4.69) is 43.3 Å². The van der Waals surface area contributed by atoms with Gasteiger partial charge in [0.05, 0.1) is 37.2 Å². The van der Waals surface area contributed by atoms with Gasteiger partial charge in [-0.1, -0.05) is 38.2 Å². The molecule has 0 unspecified atom stereocenters. The van der Waals surface area contributed by atoms with Crippen molar-refractivity contribution in [2.75, 3.05) is 26.6 Å². The van der Waals surface area contributed by atoms with E-state index < -0.39 is 0 Å². The molecule has 0 aliphatic carbocycles. The number of hydrogen-bond donors (Lipinski definition) is 1. The number of fused-ring (bicyclic) bond motifs is 1. The second-order valence-electron chi connectivity index (χ2n) is 8.88. The molecule has 2 aromatic heterocycles. The number of benzene rings is 2. The van der Waals surface area contributed by atoms with Gasteiger partial charge in [0.1, 0.15) is 5.82 Å². The summed E-state index contributed by atoms with van der Waals surface area (Å²) in [7, 11) is 4.54. The maximum Gasteiger partial charge on any atom is 0.257 e. The maximum absolute atomic E-state index is 13.1. The first-order valence-electron chi connectivity index (χ1n) is 10.7. The zero-order valence-electron chi connectivity index (χ0n) is 20.3. The smallest absolute Gasteiger partial charge is 0.257 e. The van der Waals surface area contributed by atoms with Gasteiger partial charge in [-0.15, -0.1) is 0 Å². The molecule has 2 heterocycles. The fourth-order valence-electron chi connectivity index (χ4n) is 3.60. The van der Waals surface area contributed by atoms with E-state index in [1.165, 1.54) is 38.2 Å². The second-order valence-corrected chi connectivity index (χ2v) is 9.89. The van der Waals surface area contributed by atoms with Crippen LogP contribution >= 0.6 is 11.3 Å². The SMILES string of the molecule is COc1cc(C(=O)Nc2cc(C)nn2-c2nc3ccc(C(C)(C)C)cc3s2)cc(OC)c1OC. The molecule has 1 N–H and O–H groups in total. The zero-order valence-corrected chi connectivity index (χ0v) is 21.2. The first kappa shape index (κ1) is 23.6. The Balaban J connectivity index is 1.69. The van der Waals surface area contributed by atoms with Crippen LogP contribution in [0.15, 0.2) is 36.4 Å². The molecule has 0 bridgehead atoms. The van der Waals surface area contributed by atoms with Crippen molar-refractivity contribution in [2.45, 2.75) is 33.1 Å². The Kier molecular flexibility index (Phi) is 6.22. The molecular formula is C25H28N4O4S. The second kappa shape index (κ2) is 8.98. The average molecular weight is 481 g/mol. The molecule has 4 rings (SSSR count). The minimum absolute atomic E-state index is 0.0419. The molecule has 0 atom stereocenters. The highest BCUT2D eigenvalue weighted by Crippen LogP contribution is 2.38. The van der Waals surface area contributed by atoms with Crippen LogP contribution in [0.2, 0.25) is 0 Å². The van der Waals surface area contributed by atoms with Gasteiger partial charge >= 0.3 is 0 Å². The highest BCUT2D eigenvalue weighted by Gasteiger charge is 2.20. The fourth-order valence-corrected chi connectivity index (χ4v) is 4.58. The Hall–Kier alpha value is -3.59. The van der Waals surface area contributed by atoms with Gasteiger partial charge in [0.2, 0.25) is 10.9 Å². The zero-order chi connectivity index (χ0) is 24.6. The van der Waals surface area contributed by atoms with Crippen LogP contribution in [0, 0.1) is 6.92 Å². The largest absolute Gasteiger partial charge is 0.493 e. The Morgan fingerprint density at radius 1 is 1.00 bits per heavy atom. The number of carbonyl (C=O) groups is 1. The average Bonchev–Trinajstić information content (AvgIpc) is 3.39. The van der Waals surface area contributed by atoms with Crippen molar-refractivity contribution in [1.29, 1.82) is 0 Å². The predicted molar refractivity (Wildman–Crippen MR) is 134 cm³/mol. The molecule has 0 fully saturated rings. The van der Waals surface area contributed by atoms with Gasteiger partial charge in [-0.05, 0) is 42.2 Å². The Labute approximate surface area is 202 Å². The van der Waals surface area contributed by atoms with Gasteiger partial charge in [-0.3, -0.25) is 4.79 Å². The van der Waals surface area contributed by atoms with E-state index in [4.69, 9.17) is 19.2 Å². The van der Waals surface area contributed by atoms with Crippen molar-refractivity contribution in [3.8, 4) is 22.4 Å². The number of rotatable bonds is 6. The first-order valence-corrected chi connectivity index (χ1v) is 11.6. The molecule has 0 saturated carbocycles. The van der Waals surface area contributed by atoms with Crippen molar-refractivity contribution in [1.82, 2.24) is 14.8 Å². The number of anilines is 1. The van der Waals surface area contributed by atoms with E-state index >= 15 is 0 Å². The molecule has 178 valence electrons. The van der Waals surface area contributed by atoms with E-state index in [9.17, 15) is 4.79 Å². The van der Waals surface area contributed by atoms with E-state index in [1.807, 2.05) is 19.1 Å². The molecule has 0 spiro atoms. The number of aromatic nitrogens is 3. The van der Waals surface area contributed by atoms with Crippen LogP contribution in [-0.2, 0) is 5.41 Å². The molecule has 0 saturated heterocycles. The van der Waals surface area contributed by atoms with Gasteiger partial charge in [0.25, 0.3) is 5.91 Å². The third kappa shape index (κ3) is 4.43. The summed E-state index contributed by atoms with van der Waals surface area (Å²) >= 11 is 1.53. The van der Waals surface area contributed by atoms with Gasteiger partial charge < -0.3 is 19.5 Å². The van der Waals surface area contributed by atoms with Crippen molar-refractivity contribution < 1.29 is 19.0 Å². The summed E-state index contributed by atoms with van der Waals surface area (Å²) in [4.78, 5) is 17.9. The van der Waals surface area contributed by atoms with Crippen LogP contribution < -0.4 is 19.5 Å². The molecule has 2 aromatic carbocycles. The number of methoxy groups -OCH3 is 3. The summed E-state index contributed by atoms with van der Waals surface area (Å²) in [5.41, 5.74) is 3.29. The lowest BCUT2D eigenvalue weighted by Gasteiger charge is -2.18. The standard InChI is InChI=1S/C25H28N4O4S/c1-14-10-21(27-23(30)15-11-18(31-5)22(33-7)19(12-15)32-6)29(28-14)24-26-17-9-8-16(25(2,3)4)13-20(17)34-24/h8-13H,1-7H3,(H,27,30). The molecule has 0 aliphatic rings. The number of ether oxygens (including phenoxy) is 3. The normalized spacial score (nSPS) is 11.5. The molecule has 0 radical (unpaired) electrons. The topological polar surface area (TPSA) is 87.5 Å². The minimum Gasteiger partial charge on any atom is -0.493 e. The Morgan fingerprint density at radius 2 is 1.68 bits per heavy atom. The van der Waals surface area contributed by atoms with Gasteiger partial charge in [0.15, 0.2) is 11.5 Å². The van der Waals surface area contributed by atoms with E-state index in [-0.39, 0.29) is 11.3 Å². The molecule has 1 amide bonds. The fraction of sp³-hybridized carbons (Fsp3) is 0.320. The van der Waals surface area contributed by atoms with E-state index in [0.717, 1.165) is 15.9 Å². The van der Waals surface area contributed by atoms with E-state index in [1.54, 1.807) is 16.8 Å². The molecular weight excluding hydrogens is 452 g/mol. The van der Waals surface area contributed by atoms with Crippen molar-refractivity contribution >= 4 is 33.3 Å². The summed E-state index contributed by atoms with van der Waals surface area (Å²) in [5, 5.41) is 8.19. The molecule has 8 nitrogen and oxygen atoms in total. The monoisotopic (exact) mass is 480 g/mol. The van der Waals surface area contributed by atoms with Crippen molar-refractivity contribution in [2.24, 2.45) is 0 Å². The lowest BCUT2D eigenvalue weighted by molar-refractivity contribution is 0.102. The molecule has 34 heavy (non-hydrogen) atoms. The Morgan fingerprint density at radius 3 is 2.26 bits per heavy atom. The minimum atomic E-state index is -0.337. The lowest BCUT2D eigenvalue weighted by atomic mass is 9.87. The van der Waals surface area contributed by atoms with Crippen LogP contribution in [0.5, 0.6) is 17.2 Å². The number of hydrogen-bond acceptors (Lipinski definition) is 7. The summed E-state index contributed by atoms with van der Waals surface area (Å²) < 4.78 is 18.8. The highest BCUT2D eigenvalue weighted by atomic mass is 32.1. The van der Waals surface area contributed by atoms with Crippen molar-refractivity contribution in [3.05, 3.63) is 53.2 Å². The summed E-state index contributed by atoms with van der Waals surface area (Å²) in [6.07, 6.45) is 0. The van der Waals surface area contributed by atoms with Crippen LogP contribution in [0.4, 0.5) is 5.82 Å². The van der Waals surface area contributed by atoms with Gasteiger partial charge in [-0.2, -0.15) is 9.78 Å². The third-order valence-electron chi connectivity index (χ3n) is 5.42. The summed E-state index contributed by atoms with van der Waals surface area (Å²) in [6.45, 7) is 8.42. The number of thiazole rings is 1. The summed E-state index contributed by atoms with van der Waals surface area (Å²) in [6, 6.07) is 11.3.